The van der Waals surface area contributed by atoms with Crippen LogP contribution in [0.2, 0.25) is 5.02 Å². The summed E-state index contributed by atoms with van der Waals surface area (Å²) in [6.07, 6.45) is -4.87. The van der Waals surface area contributed by atoms with Crippen LogP contribution in [0.3, 0.4) is 0 Å². The number of carbonyl (C=O) groups is 2. The molecule has 0 aliphatic carbocycles. The molecule has 3 aromatic rings. The van der Waals surface area contributed by atoms with Gasteiger partial charge in [0.1, 0.15) is 11.8 Å². The van der Waals surface area contributed by atoms with Gasteiger partial charge >= 0.3 is 6.18 Å². The Kier molecular flexibility index (Phi) is 7.70. The van der Waals surface area contributed by atoms with Crippen LogP contribution in [0.5, 0.6) is 5.75 Å². The zero-order valence-electron chi connectivity index (χ0n) is 19.5. The van der Waals surface area contributed by atoms with Crippen LogP contribution in [-0.2, 0) is 22.3 Å². The zero-order valence-corrected chi connectivity index (χ0v) is 21.0. The van der Waals surface area contributed by atoms with E-state index in [0.717, 1.165) is 22.6 Å². The van der Waals surface area contributed by atoms with Gasteiger partial charge < -0.3 is 15.0 Å². The monoisotopic (exact) mass is 547 g/mol. The third-order valence-electron chi connectivity index (χ3n) is 5.77. The molecule has 1 aliphatic heterocycles. The number of rotatable bonds is 7. The molecule has 2 amide bonds. The van der Waals surface area contributed by atoms with Crippen molar-refractivity contribution in [1.29, 1.82) is 0 Å². The number of benzene rings is 3. The molecule has 1 heterocycles. The molecule has 0 spiro atoms. The number of thiocarbonyl (C=S) groups is 1. The minimum absolute atomic E-state index is 0.00141. The van der Waals surface area contributed by atoms with Crippen molar-refractivity contribution in [3.05, 3.63) is 88.9 Å². The number of halogens is 4. The number of hydrogen-bond donors (Lipinski definition) is 1. The molecule has 0 saturated carbocycles. The van der Waals surface area contributed by atoms with Gasteiger partial charge in [-0.25, -0.2) is 0 Å². The highest BCUT2D eigenvalue weighted by atomic mass is 35.5. The van der Waals surface area contributed by atoms with E-state index in [1.54, 1.807) is 48.5 Å². The minimum Gasteiger partial charge on any atom is -0.497 e. The topological polar surface area (TPSA) is 61.9 Å². The molecule has 11 heteroatoms. The fourth-order valence-electron chi connectivity index (χ4n) is 3.92. The highest BCUT2D eigenvalue weighted by Crippen LogP contribution is 2.34. The van der Waals surface area contributed by atoms with Gasteiger partial charge in [-0.3, -0.25) is 14.5 Å². The Bertz CT molecular complexity index is 1320. The molecule has 1 aliphatic rings. The highest BCUT2D eigenvalue weighted by molar-refractivity contribution is 7.80. The predicted octanol–water partition coefficient (Wildman–Crippen LogP) is 5.90. The van der Waals surface area contributed by atoms with Crippen LogP contribution < -0.4 is 15.0 Å². The van der Waals surface area contributed by atoms with E-state index in [4.69, 9.17) is 28.6 Å². The van der Waals surface area contributed by atoms with Crippen molar-refractivity contribution in [3.63, 3.8) is 0 Å². The average molecular weight is 548 g/mol. The van der Waals surface area contributed by atoms with Gasteiger partial charge in [-0.2, -0.15) is 13.2 Å². The van der Waals surface area contributed by atoms with E-state index in [9.17, 15) is 22.8 Å². The standard InChI is InChI=1S/C26H21ClF3N3O3S/c1-36-21-11-9-19(10-12-21)31-23(34)14-22-24(35)33(20-4-2-3-17(13-20)26(28,29)30)25(37)32(22)15-16-5-7-18(27)8-6-16/h2-13,22H,14-15H2,1H3,(H,31,34). The van der Waals surface area contributed by atoms with E-state index >= 15 is 0 Å². The fraction of sp³-hybridized carbons (Fsp3) is 0.192. The van der Waals surface area contributed by atoms with E-state index < -0.39 is 29.6 Å². The van der Waals surface area contributed by atoms with Crippen molar-refractivity contribution in [2.24, 2.45) is 0 Å². The smallest absolute Gasteiger partial charge is 0.416 e. The summed E-state index contributed by atoms with van der Waals surface area (Å²) in [5.74, 6) is -0.443. The number of amides is 2. The first kappa shape index (κ1) is 26.4. The molecule has 37 heavy (non-hydrogen) atoms. The fourth-order valence-corrected chi connectivity index (χ4v) is 4.43. The quantitative estimate of drug-likeness (QED) is 0.373. The van der Waals surface area contributed by atoms with Crippen LogP contribution in [0.4, 0.5) is 24.5 Å². The molecule has 1 N–H and O–H groups in total. The molecule has 6 nitrogen and oxygen atoms in total. The molecule has 0 radical (unpaired) electrons. The van der Waals surface area contributed by atoms with Gasteiger partial charge in [-0.1, -0.05) is 29.8 Å². The lowest BCUT2D eigenvalue weighted by atomic mass is 10.1. The third kappa shape index (κ3) is 6.03. The second-order valence-corrected chi connectivity index (χ2v) is 9.06. The van der Waals surface area contributed by atoms with Crippen molar-refractivity contribution >= 4 is 52.1 Å². The summed E-state index contributed by atoms with van der Waals surface area (Å²) < 4.78 is 45.1. The van der Waals surface area contributed by atoms with E-state index in [-0.39, 0.29) is 23.8 Å². The van der Waals surface area contributed by atoms with Crippen LogP contribution >= 0.6 is 23.8 Å². The molecule has 3 aromatic carbocycles. The molecular formula is C26H21ClF3N3O3S. The van der Waals surface area contributed by atoms with E-state index in [1.165, 1.54) is 24.1 Å². The molecule has 4 rings (SSSR count). The summed E-state index contributed by atoms with van der Waals surface area (Å²) in [5.41, 5.74) is 0.318. The first-order chi connectivity index (χ1) is 17.6. The number of methoxy groups -OCH3 is 1. The molecule has 192 valence electrons. The number of ether oxygens (including phenoxy) is 1. The van der Waals surface area contributed by atoms with Gasteiger partial charge in [-0.05, 0) is 72.4 Å². The zero-order chi connectivity index (χ0) is 26.7. The molecule has 1 atom stereocenters. The lowest BCUT2D eigenvalue weighted by molar-refractivity contribution is -0.137. The van der Waals surface area contributed by atoms with Gasteiger partial charge in [0.15, 0.2) is 5.11 Å². The lowest BCUT2D eigenvalue weighted by Gasteiger charge is -2.24. The third-order valence-corrected chi connectivity index (χ3v) is 6.44. The van der Waals surface area contributed by atoms with Gasteiger partial charge in [0.05, 0.1) is 24.8 Å². The average Bonchev–Trinajstić information content (AvgIpc) is 3.09. The number of alkyl halides is 3. The van der Waals surface area contributed by atoms with Crippen LogP contribution in [0.1, 0.15) is 17.5 Å². The van der Waals surface area contributed by atoms with Crippen molar-refractivity contribution < 1.29 is 27.5 Å². The van der Waals surface area contributed by atoms with E-state index in [1.807, 2.05) is 0 Å². The molecule has 1 unspecified atom stereocenters. The lowest BCUT2D eigenvalue weighted by Crippen LogP contribution is -2.37. The first-order valence-electron chi connectivity index (χ1n) is 11.1. The molecule has 0 aromatic heterocycles. The first-order valence-corrected chi connectivity index (χ1v) is 11.9. The number of anilines is 2. The second-order valence-electron chi connectivity index (χ2n) is 8.26. The Hall–Kier alpha value is -3.63. The predicted molar refractivity (Wildman–Crippen MR) is 139 cm³/mol. The second kappa shape index (κ2) is 10.8. The van der Waals surface area contributed by atoms with Gasteiger partial charge in [-0.15, -0.1) is 0 Å². The maximum Gasteiger partial charge on any atom is 0.416 e. The molecule has 1 saturated heterocycles. The summed E-state index contributed by atoms with van der Waals surface area (Å²) >= 11 is 11.5. The van der Waals surface area contributed by atoms with Crippen LogP contribution in [0.25, 0.3) is 0 Å². The van der Waals surface area contributed by atoms with E-state index in [0.29, 0.717) is 16.5 Å². The van der Waals surface area contributed by atoms with Gasteiger partial charge in [0.25, 0.3) is 5.91 Å². The Labute approximate surface area is 221 Å². The van der Waals surface area contributed by atoms with Gasteiger partial charge in [0, 0.05) is 17.3 Å². The van der Waals surface area contributed by atoms with Crippen molar-refractivity contribution in [2.45, 2.75) is 25.2 Å². The summed E-state index contributed by atoms with van der Waals surface area (Å²) in [6.45, 7) is 0.150. The molecular weight excluding hydrogens is 527 g/mol. The maximum atomic E-state index is 13.5. The maximum absolute atomic E-state index is 13.5. The summed E-state index contributed by atoms with van der Waals surface area (Å²) in [5, 5.41) is 3.25. The minimum atomic E-state index is -4.60. The summed E-state index contributed by atoms with van der Waals surface area (Å²) in [4.78, 5) is 29.0. The largest absolute Gasteiger partial charge is 0.497 e. The van der Waals surface area contributed by atoms with Crippen molar-refractivity contribution in [2.75, 3.05) is 17.3 Å². The number of nitrogens with one attached hydrogen (secondary N) is 1. The van der Waals surface area contributed by atoms with Crippen LogP contribution in [0.15, 0.2) is 72.8 Å². The molecule has 0 bridgehead atoms. The Balaban J connectivity index is 1.62. The Morgan fingerprint density at radius 3 is 2.38 bits per heavy atom. The van der Waals surface area contributed by atoms with Gasteiger partial charge in [0.2, 0.25) is 5.91 Å². The van der Waals surface area contributed by atoms with Crippen LogP contribution in [0, 0.1) is 0 Å². The van der Waals surface area contributed by atoms with Crippen LogP contribution in [-0.4, -0.2) is 35.0 Å². The number of hydrogen-bond acceptors (Lipinski definition) is 4. The van der Waals surface area contributed by atoms with Crippen molar-refractivity contribution in [3.8, 4) is 5.75 Å². The Morgan fingerprint density at radius 1 is 1.08 bits per heavy atom. The summed E-state index contributed by atoms with van der Waals surface area (Å²) in [7, 11) is 1.52. The number of carbonyl (C=O) groups excluding carboxylic acids is 2. The normalized spacial score (nSPS) is 15.8. The van der Waals surface area contributed by atoms with Crippen molar-refractivity contribution in [1.82, 2.24) is 4.90 Å². The number of nitrogens with zero attached hydrogens (tertiary/aromatic N) is 2. The summed E-state index contributed by atoms with van der Waals surface area (Å²) in [6, 6.07) is 16.8. The SMILES string of the molecule is COc1ccc(NC(=O)CC2C(=O)N(c3cccc(C(F)(F)F)c3)C(=S)N2Cc2ccc(Cl)cc2)cc1. The Morgan fingerprint density at radius 2 is 1.76 bits per heavy atom. The highest BCUT2D eigenvalue weighted by Gasteiger charge is 2.44. The van der Waals surface area contributed by atoms with E-state index in [2.05, 4.69) is 5.32 Å². The molecule has 1 fully saturated rings.